The molecule has 1 saturated carbocycles. The molecule has 1 aromatic heterocycles. The first-order valence-electron chi connectivity index (χ1n) is 10.3. The molecule has 2 fully saturated rings. The van der Waals surface area contributed by atoms with Crippen molar-refractivity contribution < 1.29 is 0 Å². The third kappa shape index (κ3) is 3.35. The Bertz CT molecular complexity index is 602. The fourth-order valence-corrected chi connectivity index (χ4v) is 5.31. The second-order valence-corrected chi connectivity index (χ2v) is 8.40. The van der Waals surface area contributed by atoms with Gasteiger partial charge in [0.25, 0.3) is 0 Å². The van der Waals surface area contributed by atoms with Gasteiger partial charge in [0.2, 0.25) is 5.95 Å². The minimum Gasteiger partial charge on any atom is -0.368 e. The van der Waals surface area contributed by atoms with Gasteiger partial charge >= 0.3 is 0 Å². The molecule has 4 rings (SSSR count). The molecule has 1 spiro atoms. The summed E-state index contributed by atoms with van der Waals surface area (Å²) in [5.41, 5.74) is 9.14. The quantitative estimate of drug-likeness (QED) is 0.910. The Morgan fingerprint density at radius 1 is 1.00 bits per heavy atom. The van der Waals surface area contributed by atoms with Gasteiger partial charge in [-0.15, -0.1) is 0 Å². The van der Waals surface area contributed by atoms with Gasteiger partial charge in [0, 0.05) is 31.1 Å². The van der Waals surface area contributed by atoms with Crippen LogP contribution in [0.15, 0.2) is 0 Å². The number of nitrogens with two attached hydrogens (primary N) is 1. The molecule has 0 bridgehead atoms. The Hall–Kier alpha value is -1.36. The average molecular weight is 344 g/mol. The fourth-order valence-electron chi connectivity index (χ4n) is 5.31. The van der Waals surface area contributed by atoms with Crippen molar-refractivity contribution in [1.29, 1.82) is 0 Å². The summed E-state index contributed by atoms with van der Waals surface area (Å²) in [4.78, 5) is 14.4. The first kappa shape index (κ1) is 17.1. The summed E-state index contributed by atoms with van der Waals surface area (Å²) in [6, 6.07) is 0. The van der Waals surface area contributed by atoms with Crippen LogP contribution in [0.2, 0.25) is 0 Å². The molecule has 1 aromatic rings. The molecule has 2 heterocycles. The van der Waals surface area contributed by atoms with Gasteiger partial charge in [0.05, 0.1) is 5.69 Å². The van der Waals surface area contributed by atoms with Crippen LogP contribution in [-0.4, -0.2) is 48.1 Å². The Kier molecular flexibility index (Phi) is 4.85. The van der Waals surface area contributed by atoms with E-state index in [1.54, 1.807) is 0 Å². The molecule has 1 aliphatic heterocycles. The largest absolute Gasteiger partial charge is 0.368 e. The summed E-state index contributed by atoms with van der Waals surface area (Å²) < 4.78 is 0. The van der Waals surface area contributed by atoms with E-state index >= 15 is 0 Å². The fraction of sp³-hybridized carbons (Fsp3) is 0.800. The first-order valence-corrected chi connectivity index (χ1v) is 10.3. The molecule has 25 heavy (non-hydrogen) atoms. The highest BCUT2D eigenvalue weighted by molar-refractivity contribution is 5.54. The molecule has 5 nitrogen and oxygen atoms in total. The highest BCUT2D eigenvalue weighted by atomic mass is 15.2. The molecule has 3 aliphatic rings. The summed E-state index contributed by atoms with van der Waals surface area (Å²) in [6.45, 7) is 4.65. The molecular weight excluding hydrogens is 310 g/mol. The van der Waals surface area contributed by atoms with Crippen LogP contribution in [0.25, 0.3) is 0 Å². The minimum atomic E-state index is 0.299. The van der Waals surface area contributed by atoms with Crippen LogP contribution < -0.4 is 10.6 Å². The van der Waals surface area contributed by atoms with Crippen LogP contribution in [0, 0.1) is 0 Å². The van der Waals surface area contributed by atoms with Gasteiger partial charge in [-0.25, -0.2) is 4.98 Å². The molecule has 138 valence electrons. The lowest BCUT2D eigenvalue weighted by Gasteiger charge is -2.37. The molecule has 0 atom stereocenters. The maximum atomic E-state index is 6.15. The third-order valence-corrected chi connectivity index (χ3v) is 6.71. The number of rotatable bonds is 4. The van der Waals surface area contributed by atoms with E-state index in [0.29, 0.717) is 11.4 Å². The van der Waals surface area contributed by atoms with E-state index in [4.69, 9.17) is 10.7 Å². The number of hydrogen-bond acceptors (Lipinski definition) is 5. The smallest absolute Gasteiger partial charge is 0.222 e. The molecule has 2 aliphatic carbocycles. The second kappa shape index (κ2) is 7.10. The van der Waals surface area contributed by atoms with E-state index in [-0.39, 0.29) is 0 Å². The maximum Gasteiger partial charge on any atom is 0.222 e. The number of likely N-dealkylation sites (N-methyl/N-ethyl adjacent to an activating group) is 1. The van der Waals surface area contributed by atoms with Crippen molar-refractivity contribution in [2.24, 2.45) is 0 Å². The SMILES string of the molecule is CN(CCN1CCCCC1)c1nc(N)nc2c1CCCC21CCCC1. The number of anilines is 2. The van der Waals surface area contributed by atoms with Gasteiger partial charge in [-0.2, -0.15) is 4.98 Å². The number of piperidine rings is 1. The van der Waals surface area contributed by atoms with Crippen molar-refractivity contribution in [2.75, 3.05) is 43.9 Å². The molecule has 0 aromatic carbocycles. The van der Waals surface area contributed by atoms with Crippen molar-refractivity contribution in [2.45, 2.75) is 69.6 Å². The standard InChI is InChI=1S/C20H33N5/c1-24(14-15-25-12-5-2-6-13-25)18-16-8-7-11-20(9-3-4-10-20)17(16)22-19(21)23-18/h2-15H2,1H3,(H2,21,22,23). The van der Waals surface area contributed by atoms with Crippen molar-refractivity contribution in [3.8, 4) is 0 Å². The molecule has 5 heteroatoms. The summed E-state index contributed by atoms with van der Waals surface area (Å²) in [6.07, 6.45) is 13.0. The van der Waals surface area contributed by atoms with E-state index < -0.39 is 0 Å². The van der Waals surface area contributed by atoms with Gasteiger partial charge in [0.1, 0.15) is 5.82 Å². The van der Waals surface area contributed by atoms with Gasteiger partial charge in [-0.05, 0) is 58.0 Å². The van der Waals surface area contributed by atoms with Crippen LogP contribution in [0.5, 0.6) is 0 Å². The first-order chi connectivity index (χ1) is 12.2. The Morgan fingerprint density at radius 2 is 1.72 bits per heavy atom. The third-order valence-electron chi connectivity index (χ3n) is 6.71. The van der Waals surface area contributed by atoms with E-state index in [1.807, 2.05) is 0 Å². The van der Waals surface area contributed by atoms with Crippen molar-refractivity contribution in [3.05, 3.63) is 11.3 Å². The van der Waals surface area contributed by atoms with Gasteiger partial charge < -0.3 is 15.5 Å². The number of nitrogens with zero attached hydrogens (tertiary/aromatic N) is 4. The van der Waals surface area contributed by atoms with E-state index in [1.165, 1.54) is 82.1 Å². The van der Waals surface area contributed by atoms with Crippen molar-refractivity contribution >= 4 is 11.8 Å². The molecule has 0 unspecified atom stereocenters. The summed E-state index contributed by atoms with van der Waals surface area (Å²) >= 11 is 0. The number of hydrogen-bond donors (Lipinski definition) is 1. The maximum absolute atomic E-state index is 6.15. The van der Waals surface area contributed by atoms with Crippen LogP contribution in [0.3, 0.4) is 0 Å². The van der Waals surface area contributed by atoms with Gasteiger partial charge in [-0.1, -0.05) is 19.3 Å². The number of aromatic nitrogens is 2. The van der Waals surface area contributed by atoms with E-state index in [9.17, 15) is 0 Å². The molecule has 2 N–H and O–H groups in total. The summed E-state index contributed by atoms with van der Waals surface area (Å²) in [5.74, 6) is 1.57. The number of fused-ring (bicyclic) bond motifs is 2. The summed E-state index contributed by atoms with van der Waals surface area (Å²) in [5, 5.41) is 0. The highest BCUT2D eigenvalue weighted by Gasteiger charge is 2.42. The monoisotopic (exact) mass is 343 g/mol. The molecule has 0 radical (unpaired) electrons. The lowest BCUT2D eigenvalue weighted by Crippen LogP contribution is -2.38. The molecule has 1 saturated heterocycles. The predicted molar refractivity (Wildman–Crippen MR) is 103 cm³/mol. The summed E-state index contributed by atoms with van der Waals surface area (Å²) in [7, 11) is 2.18. The number of likely N-dealkylation sites (tertiary alicyclic amines) is 1. The zero-order valence-corrected chi connectivity index (χ0v) is 15.8. The van der Waals surface area contributed by atoms with Gasteiger partial charge in [0.15, 0.2) is 0 Å². The van der Waals surface area contributed by atoms with Crippen LogP contribution in [0.1, 0.15) is 69.0 Å². The Morgan fingerprint density at radius 3 is 2.48 bits per heavy atom. The Balaban J connectivity index is 1.56. The second-order valence-electron chi connectivity index (χ2n) is 8.40. The van der Waals surface area contributed by atoms with Crippen molar-refractivity contribution in [1.82, 2.24) is 14.9 Å². The molecular formula is C20H33N5. The highest BCUT2D eigenvalue weighted by Crippen LogP contribution is 2.49. The van der Waals surface area contributed by atoms with Crippen LogP contribution >= 0.6 is 0 Å². The average Bonchev–Trinajstić information content (AvgIpc) is 3.10. The van der Waals surface area contributed by atoms with E-state index in [0.717, 1.165) is 25.3 Å². The lowest BCUT2D eigenvalue weighted by atomic mass is 9.71. The number of nitrogen functional groups attached to an aromatic ring is 1. The minimum absolute atomic E-state index is 0.299. The van der Waals surface area contributed by atoms with Crippen LogP contribution in [-0.2, 0) is 11.8 Å². The van der Waals surface area contributed by atoms with Crippen molar-refractivity contribution in [3.63, 3.8) is 0 Å². The zero-order chi connectivity index (χ0) is 17.3. The normalized spacial score (nSPS) is 22.9. The molecule has 0 amide bonds. The Labute approximate surface area is 152 Å². The van der Waals surface area contributed by atoms with Crippen LogP contribution in [0.4, 0.5) is 11.8 Å². The predicted octanol–water partition coefficient (Wildman–Crippen LogP) is 3.13. The topological polar surface area (TPSA) is 58.3 Å². The lowest BCUT2D eigenvalue weighted by molar-refractivity contribution is 0.234. The zero-order valence-electron chi connectivity index (χ0n) is 15.8. The van der Waals surface area contributed by atoms with Gasteiger partial charge in [-0.3, -0.25) is 0 Å². The van der Waals surface area contributed by atoms with E-state index in [2.05, 4.69) is 21.8 Å².